The average Bonchev–Trinajstić information content (AvgIpc) is 3.11. The Morgan fingerprint density at radius 3 is 3.14 bits per heavy atom. The summed E-state index contributed by atoms with van der Waals surface area (Å²) in [4.78, 5) is 14.0. The number of carboxylic acid groups (broad SMARTS) is 1. The monoisotopic (exact) mass is 285 g/mol. The van der Waals surface area contributed by atoms with Crippen LogP contribution in [0.5, 0.6) is 0 Å². The molecule has 2 aromatic rings. The Morgan fingerprint density at radius 2 is 2.33 bits per heavy atom. The van der Waals surface area contributed by atoms with Gasteiger partial charge in [-0.3, -0.25) is 9.69 Å². The fourth-order valence-corrected chi connectivity index (χ4v) is 4.28. The number of nitrogens with zero attached hydrogens (tertiary/aromatic N) is 1. The lowest BCUT2D eigenvalue weighted by molar-refractivity contribution is -0.149. The highest BCUT2D eigenvalue weighted by molar-refractivity contribution is 5.80. The zero-order chi connectivity index (χ0) is 14.4. The molecular formula is C17H19NO3. The van der Waals surface area contributed by atoms with Crippen molar-refractivity contribution in [2.45, 2.75) is 25.8 Å². The smallest absolute Gasteiger partial charge is 0.311 e. The first-order valence-corrected chi connectivity index (χ1v) is 7.60. The van der Waals surface area contributed by atoms with Crippen LogP contribution in [0.3, 0.4) is 0 Å². The van der Waals surface area contributed by atoms with Crippen LogP contribution in [0.4, 0.5) is 0 Å². The lowest BCUT2D eigenvalue weighted by Gasteiger charge is -2.23. The van der Waals surface area contributed by atoms with Crippen molar-refractivity contribution in [3.63, 3.8) is 0 Å². The molecule has 4 rings (SSSR count). The number of carbonyl (C=O) groups is 1. The maximum Gasteiger partial charge on any atom is 0.311 e. The van der Waals surface area contributed by atoms with Crippen LogP contribution >= 0.6 is 0 Å². The van der Waals surface area contributed by atoms with Gasteiger partial charge >= 0.3 is 5.97 Å². The molecule has 0 unspecified atom stereocenters. The first kappa shape index (κ1) is 12.9. The molecule has 2 aliphatic rings. The van der Waals surface area contributed by atoms with E-state index in [1.807, 2.05) is 18.2 Å². The van der Waals surface area contributed by atoms with Gasteiger partial charge in [-0.05, 0) is 24.8 Å². The van der Waals surface area contributed by atoms with Crippen molar-refractivity contribution in [2.75, 3.05) is 13.1 Å². The number of rotatable bonds is 3. The zero-order valence-electron chi connectivity index (χ0n) is 11.9. The number of para-hydroxylation sites is 1. The van der Waals surface area contributed by atoms with Crippen LogP contribution in [0.25, 0.3) is 11.0 Å². The summed E-state index contributed by atoms with van der Waals surface area (Å²) in [5.74, 6) is -0.297. The molecule has 1 saturated carbocycles. The van der Waals surface area contributed by atoms with Gasteiger partial charge in [-0.15, -0.1) is 0 Å². The van der Waals surface area contributed by atoms with Crippen LogP contribution in [0.2, 0.25) is 0 Å². The predicted molar refractivity (Wildman–Crippen MR) is 78.9 cm³/mol. The minimum Gasteiger partial charge on any atom is -0.481 e. The van der Waals surface area contributed by atoms with Crippen LogP contribution in [-0.2, 0) is 11.3 Å². The molecule has 1 N–H and O–H groups in total. The number of hydrogen-bond acceptors (Lipinski definition) is 3. The normalized spacial score (nSPS) is 29.0. The van der Waals surface area contributed by atoms with Gasteiger partial charge in [0.25, 0.3) is 0 Å². The van der Waals surface area contributed by atoms with Crippen molar-refractivity contribution in [1.82, 2.24) is 4.90 Å². The fraction of sp³-hybridized carbons (Fsp3) is 0.471. The molecule has 110 valence electrons. The molecule has 21 heavy (non-hydrogen) atoms. The number of fused-ring (bicyclic) bond motifs is 2. The van der Waals surface area contributed by atoms with Gasteiger partial charge in [-0.25, -0.2) is 0 Å². The van der Waals surface area contributed by atoms with Gasteiger partial charge in [0.05, 0.1) is 11.7 Å². The Balaban J connectivity index is 1.59. The summed E-state index contributed by atoms with van der Waals surface area (Å²) in [5.41, 5.74) is 1.58. The van der Waals surface area contributed by atoms with Crippen LogP contribution in [0, 0.1) is 11.3 Å². The van der Waals surface area contributed by atoms with Crippen molar-refractivity contribution in [3.05, 3.63) is 36.1 Å². The molecule has 2 heterocycles. The standard InChI is InChI=1S/C17H19NO3/c19-16(20)17-7-2-5-14(17)10-18(11-17)9-13-4-1-3-12-6-8-21-15(12)13/h1,3-4,6,8,14H,2,5,7,9-11H2,(H,19,20)/t14-,17+/m0/s1. The summed E-state index contributed by atoms with van der Waals surface area (Å²) in [5, 5.41) is 10.8. The number of likely N-dealkylation sites (tertiary alicyclic amines) is 1. The highest BCUT2D eigenvalue weighted by Crippen LogP contribution is 2.49. The summed E-state index contributed by atoms with van der Waals surface area (Å²) in [7, 11) is 0. The fourth-order valence-electron chi connectivity index (χ4n) is 4.28. The maximum absolute atomic E-state index is 11.7. The van der Waals surface area contributed by atoms with Crippen LogP contribution in [-0.4, -0.2) is 29.1 Å². The van der Waals surface area contributed by atoms with Crippen molar-refractivity contribution < 1.29 is 14.3 Å². The van der Waals surface area contributed by atoms with Gasteiger partial charge in [0.1, 0.15) is 5.58 Å². The molecule has 1 aliphatic carbocycles. The highest BCUT2D eigenvalue weighted by Gasteiger charge is 2.54. The van der Waals surface area contributed by atoms with Crippen LogP contribution in [0.1, 0.15) is 24.8 Å². The van der Waals surface area contributed by atoms with E-state index in [9.17, 15) is 9.90 Å². The third kappa shape index (κ3) is 1.89. The molecule has 0 amide bonds. The van der Waals surface area contributed by atoms with E-state index >= 15 is 0 Å². The van der Waals surface area contributed by atoms with Gasteiger partial charge in [0, 0.05) is 30.6 Å². The maximum atomic E-state index is 11.7. The van der Waals surface area contributed by atoms with Gasteiger partial charge in [-0.1, -0.05) is 24.6 Å². The first-order chi connectivity index (χ1) is 10.2. The van der Waals surface area contributed by atoms with Gasteiger partial charge < -0.3 is 9.52 Å². The Hall–Kier alpha value is -1.81. The largest absolute Gasteiger partial charge is 0.481 e. The van der Waals surface area contributed by atoms with E-state index in [0.29, 0.717) is 12.5 Å². The van der Waals surface area contributed by atoms with Crippen molar-refractivity contribution in [2.24, 2.45) is 11.3 Å². The Kier molecular flexibility index (Phi) is 2.82. The van der Waals surface area contributed by atoms with E-state index in [0.717, 1.165) is 48.9 Å². The van der Waals surface area contributed by atoms with E-state index in [1.54, 1.807) is 6.26 Å². The van der Waals surface area contributed by atoms with Gasteiger partial charge in [0.2, 0.25) is 0 Å². The van der Waals surface area contributed by atoms with Gasteiger partial charge in [-0.2, -0.15) is 0 Å². The van der Waals surface area contributed by atoms with E-state index in [2.05, 4.69) is 11.0 Å². The highest BCUT2D eigenvalue weighted by atomic mass is 16.4. The van der Waals surface area contributed by atoms with Crippen LogP contribution < -0.4 is 0 Å². The third-order valence-corrected chi connectivity index (χ3v) is 5.32. The van der Waals surface area contributed by atoms with E-state index in [1.165, 1.54) is 0 Å². The molecular weight excluding hydrogens is 266 g/mol. The third-order valence-electron chi connectivity index (χ3n) is 5.32. The molecule has 0 spiro atoms. The molecule has 0 bridgehead atoms. The summed E-state index contributed by atoms with van der Waals surface area (Å²) < 4.78 is 5.58. The number of hydrogen-bond donors (Lipinski definition) is 1. The number of aliphatic carboxylic acids is 1. The summed E-state index contributed by atoms with van der Waals surface area (Å²) >= 11 is 0. The molecule has 1 aromatic carbocycles. The molecule has 1 aromatic heterocycles. The van der Waals surface area contributed by atoms with Gasteiger partial charge in [0.15, 0.2) is 0 Å². The second-order valence-corrected chi connectivity index (χ2v) is 6.48. The first-order valence-electron chi connectivity index (χ1n) is 7.60. The number of benzene rings is 1. The molecule has 1 aliphatic heterocycles. The Morgan fingerprint density at radius 1 is 1.43 bits per heavy atom. The van der Waals surface area contributed by atoms with Crippen molar-refractivity contribution >= 4 is 16.9 Å². The topological polar surface area (TPSA) is 53.7 Å². The minimum atomic E-state index is -0.608. The van der Waals surface area contributed by atoms with E-state index in [-0.39, 0.29) is 0 Å². The predicted octanol–water partition coefficient (Wildman–Crippen LogP) is 3.12. The van der Waals surface area contributed by atoms with Crippen molar-refractivity contribution in [3.8, 4) is 0 Å². The zero-order valence-corrected chi connectivity index (χ0v) is 11.9. The SMILES string of the molecule is O=C(O)[C@@]12CCC[C@H]1CN(Cc1cccc3ccoc13)C2. The summed E-state index contributed by atoms with van der Waals surface area (Å²) in [6.45, 7) is 2.34. The van der Waals surface area contributed by atoms with E-state index in [4.69, 9.17) is 4.42 Å². The minimum absolute atomic E-state index is 0.311. The second-order valence-electron chi connectivity index (χ2n) is 6.48. The Labute approximate surface area is 123 Å². The average molecular weight is 285 g/mol. The summed E-state index contributed by atoms with van der Waals surface area (Å²) in [6.07, 6.45) is 4.65. The number of furan rings is 1. The molecule has 1 saturated heterocycles. The lowest BCUT2D eigenvalue weighted by Crippen LogP contribution is -2.35. The van der Waals surface area contributed by atoms with Crippen molar-refractivity contribution in [1.29, 1.82) is 0 Å². The quantitative estimate of drug-likeness (QED) is 0.941. The van der Waals surface area contributed by atoms with Crippen LogP contribution in [0.15, 0.2) is 34.9 Å². The molecule has 4 heteroatoms. The molecule has 0 radical (unpaired) electrons. The lowest BCUT2D eigenvalue weighted by atomic mass is 9.81. The van der Waals surface area contributed by atoms with E-state index < -0.39 is 11.4 Å². The molecule has 4 nitrogen and oxygen atoms in total. The summed E-state index contributed by atoms with van der Waals surface area (Å²) in [6, 6.07) is 8.13. The number of carboxylic acids is 1. The Bertz CT molecular complexity index is 692. The molecule has 2 fully saturated rings. The molecule has 2 atom stereocenters. The second kappa shape index (κ2) is 4.60.